The normalized spacial score (nSPS) is 11.1. The summed E-state index contributed by atoms with van der Waals surface area (Å²) in [6.07, 6.45) is 25.0. The van der Waals surface area contributed by atoms with Crippen LogP contribution in [0.4, 0.5) is 5.69 Å². The number of unbranched alkanes of at least 4 members (excludes halogenated alkanes) is 14. The Kier molecular flexibility index (Phi) is 16.2. The third kappa shape index (κ3) is 11.8. The maximum Gasteiger partial charge on any atom is 0.0372 e. The van der Waals surface area contributed by atoms with Gasteiger partial charge < -0.3 is 5.32 Å². The highest BCUT2D eigenvalue weighted by Gasteiger charge is 2.07. The van der Waals surface area contributed by atoms with E-state index < -0.39 is 0 Å². The van der Waals surface area contributed by atoms with Crippen molar-refractivity contribution >= 4 is 5.69 Å². The van der Waals surface area contributed by atoms with Crippen LogP contribution in [0.2, 0.25) is 0 Å². The van der Waals surface area contributed by atoms with Gasteiger partial charge in [0.15, 0.2) is 0 Å². The van der Waals surface area contributed by atoms with E-state index in [4.69, 9.17) is 0 Å². The summed E-state index contributed by atoms with van der Waals surface area (Å²) < 4.78 is 0. The first-order valence-corrected chi connectivity index (χ1v) is 12.6. The largest absolute Gasteiger partial charge is 0.388 e. The van der Waals surface area contributed by atoms with Gasteiger partial charge in [0.05, 0.1) is 0 Å². The Labute approximate surface area is 177 Å². The predicted octanol–water partition coefficient (Wildman–Crippen LogP) is 9.09. The first-order valence-electron chi connectivity index (χ1n) is 12.6. The topological polar surface area (TPSA) is 12.0 Å². The molecule has 1 aromatic carbocycles. The van der Waals surface area contributed by atoms with Crippen molar-refractivity contribution in [2.24, 2.45) is 0 Å². The van der Waals surface area contributed by atoms with Crippen LogP contribution in [-0.2, 0) is 12.8 Å². The van der Waals surface area contributed by atoms with E-state index >= 15 is 0 Å². The molecule has 28 heavy (non-hydrogen) atoms. The fraction of sp³-hybridized carbons (Fsp3) is 0.778. The van der Waals surface area contributed by atoms with Crippen LogP contribution in [0.25, 0.3) is 0 Å². The zero-order valence-corrected chi connectivity index (χ0v) is 19.5. The van der Waals surface area contributed by atoms with Crippen LogP contribution < -0.4 is 5.32 Å². The minimum Gasteiger partial charge on any atom is -0.388 e. The Balaban J connectivity index is 2.29. The Morgan fingerprint density at radius 1 is 0.571 bits per heavy atom. The van der Waals surface area contributed by atoms with Gasteiger partial charge in [-0.25, -0.2) is 0 Å². The summed E-state index contributed by atoms with van der Waals surface area (Å²) in [4.78, 5) is 0. The van der Waals surface area contributed by atoms with E-state index in [2.05, 4.69) is 44.4 Å². The van der Waals surface area contributed by atoms with Crippen molar-refractivity contribution in [2.45, 2.75) is 129 Å². The standard InChI is InChI=1S/C27H49N/c1-4-6-8-10-12-14-16-18-21-25-22-20-24-27(28-3)26(25)23-19-17-15-13-11-9-7-5-2/h20,22,24,28H,4-19,21,23H2,1-3H3. The van der Waals surface area contributed by atoms with E-state index in [0.29, 0.717) is 0 Å². The zero-order valence-electron chi connectivity index (χ0n) is 19.5. The summed E-state index contributed by atoms with van der Waals surface area (Å²) in [5.41, 5.74) is 4.56. The molecule has 1 heteroatoms. The third-order valence-corrected chi connectivity index (χ3v) is 6.12. The highest BCUT2D eigenvalue weighted by atomic mass is 14.8. The molecule has 0 amide bonds. The molecule has 0 saturated carbocycles. The first kappa shape index (κ1) is 25.1. The van der Waals surface area contributed by atoms with E-state index in [1.54, 1.807) is 11.1 Å². The summed E-state index contributed by atoms with van der Waals surface area (Å²) in [5.74, 6) is 0. The summed E-state index contributed by atoms with van der Waals surface area (Å²) >= 11 is 0. The van der Waals surface area contributed by atoms with Crippen LogP contribution in [0.15, 0.2) is 18.2 Å². The molecule has 1 aromatic rings. The second-order valence-corrected chi connectivity index (χ2v) is 8.64. The van der Waals surface area contributed by atoms with Crippen molar-refractivity contribution in [1.29, 1.82) is 0 Å². The van der Waals surface area contributed by atoms with Crippen LogP contribution in [0.1, 0.15) is 128 Å². The molecule has 0 aromatic heterocycles. The molecule has 0 aliphatic rings. The Morgan fingerprint density at radius 3 is 1.54 bits per heavy atom. The summed E-state index contributed by atoms with van der Waals surface area (Å²) in [6.45, 7) is 4.59. The molecule has 1 rings (SSSR count). The summed E-state index contributed by atoms with van der Waals surface area (Å²) in [7, 11) is 2.08. The Bertz CT molecular complexity index is 465. The van der Waals surface area contributed by atoms with Crippen molar-refractivity contribution in [3.05, 3.63) is 29.3 Å². The van der Waals surface area contributed by atoms with Crippen LogP contribution in [0.3, 0.4) is 0 Å². The lowest BCUT2D eigenvalue weighted by molar-refractivity contribution is 0.571. The highest BCUT2D eigenvalue weighted by Crippen LogP contribution is 2.24. The minimum atomic E-state index is 1.25. The number of aryl methyl sites for hydroxylation is 1. The molecule has 0 atom stereocenters. The third-order valence-electron chi connectivity index (χ3n) is 6.12. The molecular weight excluding hydrogens is 338 g/mol. The first-order chi connectivity index (χ1) is 13.8. The molecule has 0 saturated heterocycles. The summed E-state index contributed by atoms with van der Waals surface area (Å²) in [6, 6.07) is 6.88. The van der Waals surface area contributed by atoms with Gasteiger partial charge in [-0.05, 0) is 42.9 Å². The van der Waals surface area contributed by atoms with Gasteiger partial charge in [0.2, 0.25) is 0 Å². The molecule has 0 aliphatic heterocycles. The molecule has 0 spiro atoms. The molecule has 162 valence electrons. The number of anilines is 1. The van der Waals surface area contributed by atoms with Gasteiger partial charge in [-0.3, -0.25) is 0 Å². The van der Waals surface area contributed by atoms with E-state index in [-0.39, 0.29) is 0 Å². The van der Waals surface area contributed by atoms with Crippen molar-refractivity contribution in [2.75, 3.05) is 12.4 Å². The average Bonchev–Trinajstić information content (AvgIpc) is 2.72. The van der Waals surface area contributed by atoms with Crippen LogP contribution in [-0.4, -0.2) is 7.05 Å². The molecule has 0 bridgehead atoms. The molecule has 0 fully saturated rings. The van der Waals surface area contributed by atoms with Gasteiger partial charge in [0.1, 0.15) is 0 Å². The van der Waals surface area contributed by atoms with Gasteiger partial charge >= 0.3 is 0 Å². The number of nitrogens with one attached hydrogen (secondary N) is 1. The molecular formula is C27H49N. The lowest BCUT2D eigenvalue weighted by atomic mass is 9.94. The SMILES string of the molecule is CCCCCCCCCCc1cccc(NC)c1CCCCCCCCCC. The number of benzene rings is 1. The van der Waals surface area contributed by atoms with E-state index in [1.807, 2.05) is 0 Å². The van der Waals surface area contributed by atoms with Crippen molar-refractivity contribution in [1.82, 2.24) is 0 Å². The lowest BCUT2D eigenvalue weighted by Gasteiger charge is -2.15. The Hall–Kier alpha value is -0.980. The molecule has 0 radical (unpaired) electrons. The zero-order chi connectivity index (χ0) is 20.3. The van der Waals surface area contributed by atoms with Crippen LogP contribution in [0.5, 0.6) is 0 Å². The smallest absolute Gasteiger partial charge is 0.0372 e. The maximum absolute atomic E-state index is 3.44. The van der Waals surface area contributed by atoms with E-state index in [9.17, 15) is 0 Å². The second kappa shape index (κ2) is 18.1. The molecule has 0 aliphatic carbocycles. The van der Waals surface area contributed by atoms with Crippen LogP contribution >= 0.6 is 0 Å². The Morgan fingerprint density at radius 2 is 1.04 bits per heavy atom. The number of hydrogen-bond acceptors (Lipinski definition) is 1. The molecule has 0 heterocycles. The molecule has 1 N–H and O–H groups in total. The summed E-state index contributed by atoms with van der Waals surface area (Å²) in [5, 5.41) is 3.44. The highest BCUT2D eigenvalue weighted by molar-refractivity contribution is 5.54. The van der Waals surface area contributed by atoms with E-state index in [0.717, 1.165) is 0 Å². The van der Waals surface area contributed by atoms with Gasteiger partial charge in [-0.1, -0.05) is 116 Å². The molecule has 0 unspecified atom stereocenters. The fourth-order valence-electron chi connectivity index (χ4n) is 4.28. The monoisotopic (exact) mass is 387 g/mol. The predicted molar refractivity (Wildman–Crippen MR) is 129 cm³/mol. The number of hydrogen-bond donors (Lipinski definition) is 1. The van der Waals surface area contributed by atoms with Crippen molar-refractivity contribution in [3.8, 4) is 0 Å². The van der Waals surface area contributed by atoms with Gasteiger partial charge in [-0.15, -0.1) is 0 Å². The molecule has 1 nitrogen and oxygen atoms in total. The van der Waals surface area contributed by atoms with Gasteiger partial charge in [0, 0.05) is 12.7 Å². The second-order valence-electron chi connectivity index (χ2n) is 8.64. The van der Waals surface area contributed by atoms with Gasteiger partial charge in [-0.2, -0.15) is 0 Å². The average molecular weight is 388 g/mol. The quantitative estimate of drug-likeness (QED) is 0.233. The number of rotatable bonds is 19. The van der Waals surface area contributed by atoms with Crippen molar-refractivity contribution < 1.29 is 0 Å². The fourth-order valence-corrected chi connectivity index (χ4v) is 4.28. The van der Waals surface area contributed by atoms with E-state index in [1.165, 1.54) is 121 Å². The maximum atomic E-state index is 3.44. The van der Waals surface area contributed by atoms with Gasteiger partial charge in [0.25, 0.3) is 0 Å². The minimum absolute atomic E-state index is 1.25. The lowest BCUT2D eigenvalue weighted by Crippen LogP contribution is -2.01. The van der Waals surface area contributed by atoms with Crippen molar-refractivity contribution in [3.63, 3.8) is 0 Å². The van der Waals surface area contributed by atoms with Crippen LogP contribution in [0, 0.1) is 0 Å².